The Morgan fingerprint density at radius 1 is 1.31 bits per heavy atom. The normalized spacial score (nSPS) is 10.8. The van der Waals surface area contributed by atoms with Gasteiger partial charge in [-0.2, -0.15) is 0 Å². The Labute approximate surface area is 111 Å². The second kappa shape index (κ2) is 5.31. The molecule has 0 saturated heterocycles. The van der Waals surface area contributed by atoms with Crippen LogP contribution in [-0.2, 0) is 0 Å². The van der Waals surface area contributed by atoms with Crippen LogP contribution >= 0.6 is 34.1 Å². The van der Waals surface area contributed by atoms with Crippen LogP contribution in [0.4, 0.5) is 0 Å². The van der Waals surface area contributed by atoms with E-state index in [9.17, 15) is 4.79 Å². The summed E-state index contributed by atoms with van der Waals surface area (Å²) in [7, 11) is 0. The first kappa shape index (κ1) is 11.4. The summed E-state index contributed by atoms with van der Waals surface area (Å²) < 4.78 is 4.83. The van der Waals surface area contributed by atoms with E-state index < -0.39 is 0 Å². The number of aromatic nitrogens is 2. The summed E-state index contributed by atoms with van der Waals surface area (Å²) in [6.07, 6.45) is 3.18. The Balaban J connectivity index is 2.11. The molecule has 3 nitrogen and oxygen atoms in total. The lowest BCUT2D eigenvalue weighted by atomic mass is 10.1. The molecule has 0 saturated carbocycles. The molecule has 0 aliphatic rings. The van der Waals surface area contributed by atoms with E-state index in [4.69, 9.17) is 0 Å². The second-order valence-electron chi connectivity index (χ2n) is 3.03. The van der Waals surface area contributed by atoms with E-state index in [1.807, 2.05) is 24.3 Å². The highest BCUT2D eigenvalue weighted by Crippen LogP contribution is 2.09. The maximum absolute atomic E-state index is 11.7. The molecule has 1 heterocycles. The van der Waals surface area contributed by atoms with E-state index in [-0.39, 0.29) is 5.78 Å². The number of hydrogen-bond donors (Lipinski definition) is 0. The lowest BCUT2D eigenvalue weighted by molar-refractivity contribution is 0.104. The van der Waals surface area contributed by atoms with Crippen LogP contribution in [0.5, 0.6) is 0 Å². The van der Waals surface area contributed by atoms with Gasteiger partial charge in [0.15, 0.2) is 5.78 Å². The van der Waals surface area contributed by atoms with Crippen LogP contribution in [0.15, 0.2) is 35.7 Å². The van der Waals surface area contributed by atoms with Gasteiger partial charge in [0.05, 0.1) is 5.69 Å². The van der Waals surface area contributed by atoms with Crippen molar-refractivity contribution in [1.29, 1.82) is 0 Å². The van der Waals surface area contributed by atoms with Gasteiger partial charge in [-0.3, -0.25) is 4.79 Å². The Morgan fingerprint density at radius 2 is 2.06 bits per heavy atom. The fraction of sp³-hybridized carbons (Fsp3) is 0. The second-order valence-corrected chi connectivity index (χ2v) is 4.89. The Kier molecular flexibility index (Phi) is 3.79. The van der Waals surface area contributed by atoms with E-state index in [0.717, 1.165) is 3.57 Å². The van der Waals surface area contributed by atoms with Crippen molar-refractivity contribution in [2.24, 2.45) is 0 Å². The molecule has 0 atom stereocenters. The van der Waals surface area contributed by atoms with Gasteiger partial charge in [0.25, 0.3) is 0 Å². The number of hydrogen-bond acceptors (Lipinski definition) is 4. The Morgan fingerprint density at radius 3 is 2.69 bits per heavy atom. The zero-order valence-electron chi connectivity index (χ0n) is 8.13. The number of halogens is 1. The molecule has 1 aromatic heterocycles. The quantitative estimate of drug-likeness (QED) is 0.489. The van der Waals surface area contributed by atoms with E-state index in [0.29, 0.717) is 11.3 Å². The molecule has 5 heteroatoms. The van der Waals surface area contributed by atoms with Crippen molar-refractivity contribution >= 4 is 46.0 Å². The zero-order chi connectivity index (χ0) is 11.4. The summed E-state index contributed by atoms with van der Waals surface area (Å²) in [5.41, 5.74) is 1.39. The fourth-order valence-corrected chi connectivity index (χ4v) is 1.90. The summed E-state index contributed by atoms with van der Waals surface area (Å²) in [6.45, 7) is 0. The van der Waals surface area contributed by atoms with E-state index in [1.54, 1.807) is 11.5 Å². The first-order valence-electron chi connectivity index (χ1n) is 4.51. The lowest BCUT2D eigenvalue weighted by Gasteiger charge is -1.95. The van der Waals surface area contributed by atoms with Gasteiger partial charge >= 0.3 is 0 Å². The highest BCUT2D eigenvalue weighted by molar-refractivity contribution is 14.1. The van der Waals surface area contributed by atoms with Gasteiger partial charge in [-0.25, -0.2) is 0 Å². The Hall–Kier alpha value is -1.08. The van der Waals surface area contributed by atoms with E-state index >= 15 is 0 Å². The molecule has 0 unspecified atom stereocenters. The number of nitrogens with zero attached hydrogens (tertiary/aromatic N) is 2. The molecule has 16 heavy (non-hydrogen) atoms. The number of ketones is 1. The maximum atomic E-state index is 11.7. The monoisotopic (exact) mass is 342 g/mol. The van der Waals surface area contributed by atoms with Crippen LogP contribution in [0.25, 0.3) is 6.08 Å². The van der Waals surface area contributed by atoms with Crippen molar-refractivity contribution < 1.29 is 4.79 Å². The van der Waals surface area contributed by atoms with Gasteiger partial charge in [-0.15, -0.1) is 5.10 Å². The van der Waals surface area contributed by atoms with Crippen LogP contribution in [0, 0.1) is 3.57 Å². The largest absolute Gasteiger partial charge is 0.289 e. The predicted molar refractivity (Wildman–Crippen MR) is 72.4 cm³/mol. The van der Waals surface area contributed by atoms with Gasteiger partial charge in [0, 0.05) is 14.5 Å². The molecule has 2 rings (SSSR count). The first-order valence-corrected chi connectivity index (χ1v) is 6.42. The third-order valence-electron chi connectivity index (χ3n) is 1.91. The molecule has 80 valence electrons. The minimum Gasteiger partial charge on any atom is -0.289 e. The van der Waals surface area contributed by atoms with Gasteiger partial charge < -0.3 is 0 Å². The van der Waals surface area contributed by atoms with E-state index in [2.05, 4.69) is 32.2 Å². The molecule has 0 aliphatic carbocycles. The predicted octanol–water partition coefficient (Wildman–Crippen LogP) is 3.04. The summed E-state index contributed by atoms with van der Waals surface area (Å²) in [5.74, 6) is -0.0237. The number of allylic oxidation sites excluding steroid dienone is 1. The minimum atomic E-state index is -0.0237. The standard InChI is InChI=1S/C11H7IN2OS/c12-9-3-1-8(2-4-9)11(15)6-5-10-7-16-14-13-10/h1-7H/b6-5+. The summed E-state index contributed by atoms with van der Waals surface area (Å²) in [5, 5.41) is 5.61. The van der Waals surface area contributed by atoms with Gasteiger partial charge in [-0.05, 0) is 58.4 Å². The summed E-state index contributed by atoms with van der Waals surface area (Å²) in [6, 6.07) is 7.44. The summed E-state index contributed by atoms with van der Waals surface area (Å²) in [4.78, 5) is 11.7. The average Bonchev–Trinajstić information content (AvgIpc) is 2.80. The van der Waals surface area contributed by atoms with Crippen molar-refractivity contribution in [3.63, 3.8) is 0 Å². The fourth-order valence-electron chi connectivity index (χ4n) is 1.12. The Bertz CT molecular complexity index is 505. The molecule has 0 radical (unpaired) electrons. The highest BCUT2D eigenvalue weighted by Gasteiger charge is 2.01. The SMILES string of the molecule is O=C(/C=C/c1csnn1)c1ccc(I)cc1. The van der Waals surface area contributed by atoms with E-state index in [1.165, 1.54) is 17.6 Å². The van der Waals surface area contributed by atoms with Crippen LogP contribution < -0.4 is 0 Å². The van der Waals surface area contributed by atoms with Crippen LogP contribution in [0.3, 0.4) is 0 Å². The third kappa shape index (κ3) is 2.96. The molecule has 0 bridgehead atoms. The molecule has 0 aliphatic heterocycles. The van der Waals surface area contributed by atoms with Crippen molar-refractivity contribution in [3.8, 4) is 0 Å². The van der Waals surface area contributed by atoms with Crippen molar-refractivity contribution in [3.05, 3.63) is 50.5 Å². The van der Waals surface area contributed by atoms with Crippen LogP contribution in [0.1, 0.15) is 16.1 Å². The average molecular weight is 342 g/mol. The molecule has 0 fully saturated rings. The lowest BCUT2D eigenvalue weighted by Crippen LogP contribution is -1.93. The van der Waals surface area contributed by atoms with Crippen LogP contribution in [-0.4, -0.2) is 15.4 Å². The smallest absolute Gasteiger partial charge is 0.185 e. The minimum absolute atomic E-state index is 0.0237. The zero-order valence-corrected chi connectivity index (χ0v) is 11.1. The van der Waals surface area contributed by atoms with Crippen molar-refractivity contribution in [2.75, 3.05) is 0 Å². The molecular formula is C11H7IN2OS. The highest BCUT2D eigenvalue weighted by atomic mass is 127. The van der Waals surface area contributed by atoms with Gasteiger partial charge in [-0.1, -0.05) is 16.6 Å². The maximum Gasteiger partial charge on any atom is 0.185 e. The number of carbonyl (C=O) groups is 1. The van der Waals surface area contributed by atoms with Crippen molar-refractivity contribution in [1.82, 2.24) is 9.59 Å². The topological polar surface area (TPSA) is 42.9 Å². The summed E-state index contributed by atoms with van der Waals surface area (Å²) >= 11 is 3.47. The number of carbonyl (C=O) groups excluding carboxylic acids is 1. The molecule has 0 N–H and O–H groups in total. The van der Waals surface area contributed by atoms with Crippen molar-refractivity contribution in [2.45, 2.75) is 0 Å². The third-order valence-corrected chi connectivity index (χ3v) is 3.15. The number of benzene rings is 1. The first-order chi connectivity index (χ1) is 7.75. The number of rotatable bonds is 3. The molecule has 0 spiro atoms. The molecule has 1 aromatic carbocycles. The molecular weight excluding hydrogens is 335 g/mol. The molecule has 0 amide bonds. The van der Waals surface area contributed by atoms with Gasteiger partial charge in [0.1, 0.15) is 0 Å². The molecule has 2 aromatic rings. The van der Waals surface area contributed by atoms with Gasteiger partial charge in [0.2, 0.25) is 0 Å². The van der Waals surface area contributed by atoms with Crippen LogP contribution in [0.2, 0.25) is 0 Å².